The second-order valence-electron chi connectivity index (χ2n) is 7.33. The van der Waals surface area contributed by atoms with Gasteiger partial charge in [0.2, 0.25) is 0 Å². The molecule has 0 bridgehead atoms. The van der Waals surface area contributed by atoms with Gasteiger partial charge in [-0.05, 0) is 37.5 Å². The number of unbranched alkanes of at least 4 members (excludes halogenated alkanes) is 8. The third-order valence-corrected chi connectivity index (χ3v) is 8.05. The minimum absolute atomic E-state index is 0.149. The van der Waals surface area contributed by atoms with E-state index in [1.165, 1.54) is 55.3 Å². The van der Waals surface area contributed by atoms with Crippen molar-refractivity contribution < 1.29 is 18.9 Å². The third kappa shape index (κ3) is 11.1. The van der Waals surface area contributed by atoms with Crippen molar-refractivity contribution in [1.82, 2.24) is 0 Å². The number of phosphoric ester groups is 1. The van der Waals surface area contributed by atoms with Gasteiger partial charge in [-0.2, -0.15) is 0 Å². The summed E-state index contributed by atoms with van der Waals surface area (Å²) in [4.78, 5) is 17.2. The zero-order valence-electron chi connectivity index (χ0n) is 17.2. The van der Waals surface area contributed by atoms with E-state index in [2.05, 4.69) is 65.2 Å². The second-order valence-corrected chi connectivity index (χ2v) is 10.9. The summed E-state index contributed by atoms with van der Waals surface area (Å²) in [7, 11) is -4.55. The van der Waals surface area contributed by atoms with Gasteiger partial charge in [0.05, 0.1) is 6.61 Å². The van der Waals surface area contributed by atoms with Crippen molar-refractivity contribution in [2.45, 2.75) is 57.8 Å². The Hall–Kier alpha value is -1.02. The lowest BCUT2D eigenvalue weighted by molar-refractivity contribution is 0.193. The van der Waals surface area contributed by atoms with E-state index in [1.54, 1.807) is 0 Å². The molecule has 2 N–H and O–H groups in total. The first-order chi connectivity index (χ1) is 14.1. The fraction of sp³-hybridized carbons (Fsp3) is 0.478. The van der Waals surface area contributed by atoms with E-state index >= 15 is 0 Å². The SMILES string of the molecule is O=P(O)(O)OCCCCCCCCCCCP(c1ccccc1)c1ccccc1. The highest BCUT2D eigenvalue weighted by Crippen LogP contribution is 2.36. The van der Waals surface area contributed by atoms with Crippen LogP contribution in [-0.4, -0.2) is 22.6 Å². The average molecular weight is 436 g/mol. The van der Waals surface area contributed by atoms with E-state index in [9.17, 15) is 4.57 Å². The molecule has 0 atom stereocenters. The second kappa shape index (κ2) is 14.1. The van der Waals surface area contributed by atoms with Crippen LogP contribution in [0.3, 0.4) is 0 Å². The highest BCUT2D eigenvalue weighted by molar-refractivity contribution is 7.73. The maximum Gasteiger partial charge on any atom is 0.469 e. The van der Waals surface area contributed by atoms with Crippen molar-refractivity contribution in [3.63, 3.8) is 0 Å². The van der Waals surface area contributed by atoms with Gasteiger partial charge in [-0.3, -0.25) is 4.52 Å². The highest BCUT2D eigenvalue weighted by atomic mass is 31.2. The maximum absolute atomic E-state index is 10.6. The molecule has 2 aromatic rings. The molecule has 0 fully saturated rings. The van der Waals surface area contributed by atoms with Crippen LogP contribution < -0.4 is 10.6 Å². The summed E-state index contributed by atoms with van der Waals surface area (Å²) in [5.74, 6) is 0. The lowest BCUT2D eigenvalue weighted by Crippen LogP contribution is -2.13. The van der Waals surface area contributed by atoms with E-state index in [4.69, 9.17) is 9.79 Å². The quantitative estimate of drug-likeness (QED) is 0.276. The predicted octanol–water partition coefficient (Wildman–Crippen LogP) is 5.74. The Morgan fingerprint density at radius 2 is 1.07 bits per heavy atom. The van der Waals surface area contributed by atoms with Gasteiger partial charge in [-0.15, -0.1) is 0 Å². The third-order valence-electron chi connectivity index (χ3n) is 4.92. The van der Waals surface area contributed by atoms with Crippen LogP contribution in [0.4, 0.5) is 0 Å². The molecule has 0 saturated heterocycles. The van der Waals surface area contributed by atoms with Crippen molar-refractivity contribution >= 4 is 26.4 Å². The molecule has 2 aromatic carbocycles. The van der Waals surface area contributed by atoms with E-state index in [0.717, 1.165) is 12.8 Å². The Kier molecular flexibility index (Phi) is 11.8. The molecule has 0 aliphatic rings. The summed E-state index contributed by atoms with van der Waals surface area (Å²) >= 11 is 0. The number of hydrogen-bond donors (Lipinski definition) is 2. The largest absolute Gasteiger partial charge is 0.469 e. The Morgan fingerprint density at radius 3 is 1.52 bits per heavy atom. The van der Waals surface area contributed by atoms with E-state index in [1.807, 2.05) is 0 Å². The summed E-state index contributed by atoms with van der Waals surface area (Å²) in [6.07, 6.45) is 11.6. The molecule has 0 unspecified atom stereocenters. The number of hydrogen-bond acceptors (Lipinski definition) is 2. The molecule has 29 heavy (non-hydrogen) atoms. The molecule has 6 heteroatoms. The molecule has 0 aliphatic heterocycles. The molecule has 0 aliphatic carbocycles. The summed E-state index contributed by atoms with van der Waals surface area (Å²) in [5, 5.41) is 2.94. The Balaban J connectivity index is 1.56. The van der Waals surface area contributed by atoms with Gasteiger partial charge in [0.15, 0.2) is 0 Å². The van der Waals surface area contributed by atoms with Gasteiger partial charge in [0.25, 0.3) is 0 Å². The number of rotatable bonds is 15. The van der Waals surface area contributed by atoms with Crippen molar-refractivity contribution in [3.8, 4) is 0 Å². The van der Waals surface area contributed by atoms with Crippen LogP contribution in [0.25, 0.3) is 0 Å². The lowest BCUT2D eigenvalue weighted by atomic mass is 10.1. The molecule has 4 nitrogen and oxygen atoms in total. The van der Waals surface area contributed by atoms with E-state index < -0.39 is 7.82 Å². The Bertz CT molecular complexity index is 664. The van der Waals surface area contributed by atoms with Gasteiger partial charge in [0.1, 0.15) is 0 Å². The minimum atomic E-state index is -4.29. The predicted molar refractivity (Wildman–Crippen MR) is 123 cm³/mol. The lowest BCUT2D eigenvalue weighted by Gasteiger charge is -2.18. The normalized spacial score (nSPS) is 11.8. The highest BCUT2D eigenvalue weighted by Gasteiger charge is 2.13. The first-order valence-corrected chi connectivity index (χ1v) is 13.7. The van der Waals surface area contributed by atoms with Gasteiger partial charge in [-0.25, -0.2) is 4.57 Å². The fourth-order valence-corrected chi connectivity index (χ4v) is 6.20. The van der Waals surface area contributed by atoms with Crippen molar-refractivity contribution in [1.29, 1.82) is 0 Å². The molecule has 2 rings (SSSR count). The van der Waals surface area contributed by atoms with Gasteiger partial charge < -0.3 is 9.79 Å². The Morgan fingerprint density at radius 1 is 0.655 bits per heavy atom. The number of phosphoric acid groups is 1. The first kappa shape index (κ1) is 24.3. The molecule has 0 aromatic heterocycles. The van der Waals surface area contributed by atoms with Crippen LogP contribution in [-0.2, 0) is 9.09 Å². The maximum atomic E-state index is 10.6. The summed E-state index contributed by atoms with van der Waals surface area (Å²) in [6.45, 7) is 0.149. The smallest absolute Gasteiger partial charge is 0.303 e. The molecule has 0 saturated carbocycles. The summed E-state index contributed by atoms with van der Waals surface area (Å²) in [6, 6.07) is 21.8. The van der Waals surface area contributed by atoms with Gasteiger partial charge in [0, 0.05) is 0 Å². The van der Waals surface area contributed by atoms with Gasteiger partial charge in [-0.1, -0.05) is 106 Å². The fourth-order valence-electron chi connectivity index (χ4n) is 3.42. The monoisotopic (exact) mass is 436 g/mol. The van der Waals surface area contributed by atoms with Crippen LogP contribution in [0.2, 0.25) is 0 Å². The average Bonchev–Trinajstić information content (AvgIpc) is 2.72. The van der Waals surface area contributed by atoms with Crippen molar-refractivity contribution in [3.05, 3.63) is 60.7 Å². The minimum Gasteiger partial charge on any atom is -0.303 e. The molecule has 0 heterocycles. The molecule has 160 valence electrons. The van der Waals surface area contributed by atoms with Crippen molar-refractivity contribution in [2.75, 3.05) is 12.8 Å². The molecular formula is C23H34O4P2. The van der Waals surface area contributed by atoms with Gasteiger partial charge >= 0.3 is 7.82 Å². The van der Waals surface area contributed by atoms with Crippen LogP contribution in [0.5, 0.6) is 0 Å². The molecule has 0 amide bonds. The zero-order chi connectivity index (χ0) is 20.8. The van der Waals surface area contributed by atoms with E-state index in [0.29, 0.717) is 6.42 Å². The summed E-state index contributed by atoms with van der Waals surface area (Å²) in [5.41, 5.74) is 0. The Labute approximate surface area is 176 Å². The molecule has 0 radical (unpaired) electrons. The van der Waals surface area contributed by atoms with Crippen LogP contribution >= 0.6 is 15.7 Å². The van der Waals surface area contributed by atoms with Crippen LogP contribution in [0.1, 0.15) is 57.8 Å². The van der Waals surface area contributed by atoms with Crippen molar-refractivity contribution in [2.24, 2.45) is 0 Å². The van der Waals surface area contributed by atoms with Crippen LogP contribution in [0.15, 0.2) is 60.7 Å². The van der Waals surface area contributed by atoms with E-state index in [-0.39, 0.29) is 14.5 Å². The summed E-state index contributed by atoms with van der Waals surface area (Å²) < 4.78 is 15.0. The standard InChI is InChI=1S/C23H34O4P2/c24-29(25,26)27-20-14-6-4-2-1-3-5-7-15-21-28(22-16-10-8-11-17-22)23-18-12-9-13-19-23/h8-13,16-19H,1-7,14-15,20-21H2,(H2,24,25,26). The zero-order valence-corrected chi connectivity index (χ0v) is 18.9. The molecule has 0 spiro atoms. The topological polar surface area (TPSA) is 66.8 Å². The number of benzene rings is 2. The molecular weight excluding hydrogens is 402 g/mol. The van der Waals surface area contributed by atoms with Crippen LogP contribution in [0, 0.1) is 0 Å². The first-order valence-electron chi connectivity index (χ1n) is 10.6.